The van der Waals surface area contributed by atoms with Crippen molar-refractivity contribution in [1.29, 1.82) is 0 Å². The lowest BCUT2D eigenvalue weighted by molar-refractivity contribution is -0.138. The second kappa shape index (κ2) is 4.16. The summed E-state index contributed by atoms with van der Waals surface area (Å²) in [5, 5.41) is 0. The zero-order valence-electron chi connectivity index (χ0n) is 7.54. The van der Waals surface area contributed by atoms with Crippen LogP contribution in [-0.2, 0) is 11.0 Å². The smallest absolute Gasteiger partial charge is 0.416 e. The van der Waals surface area contributed by atoms with Gasteiger partial charge in [-0.05, 0) is 18.2 Å². The van der Waals surface area contributed by atoms with Crippen molar-refractivity contribution in [3.05, 3.63) is 42.5 Å². The number of carbonyl (C=O) groups is 1. The van der Waals surface area contributed by atoms with Crippen LogP contribution in [0, 0.1) is 0 Å². The molecule has 0 saturated carbocycles. The van der Waals surface area contributed by atoms with Crippen molar-refractivity contribution in [2.75, 3.05) is 0 Å². The van der Waals surface area contributed by atoms with E-state index in [1.165, 1.54) is 6.07 Å². The molecule has 2 nitrogen and oxygen atoms in total. The van der Waals surface area contributed by atoms with Crippen molar-refractivity contribution in [2.45, 2.75) is 6.18 Å². The Morgan fingerprint density at radius 3 is 2.60 bits per heavy atom. The lowest BCUT2D eigenvalue weighted by atomic mass is 10.2. The van der Waals surface area contributed by atoms with Crippen LogP contribution in [0.25, 0.3) is 0 Å². The Labute approximate surface area is 84.0 Å². The van der Waals surface area contributed by atoms with Crippen LogP contribution < -0.4 is 4.74 Å². The summed E-state index contributed by atoms with van der Waals surface area (Å²) in [7, 11) is 0. The fraction of sp³-hybridized carbons (Fsp3) is 0.100. The van der Waals surface area contributed by atoms with Gasteiger partial charge in [0, 0.05) is 6.08 Å². The van der Waals surface area contributed by atoms with Gasteiger partial charge in [-0.3, -0.25) is 0 Å². The van der Waals surface area contributed by atoms with Gasteiger partial charge in [0.05, 0.1) is 5.56 Å². The first-order chi connectivity index (χ1) is 6.93. The molecule has 0 N–H and O–H groups in total. The second-order valence-corrected chi connectivity index (χ2v) is 2.65. The molecular formula is C10H7F3O2. The van der Waals surface area contributed by atoms with Gasteiger partial charge < -0.3 is 4.74 Å². The number of hydrogen-bond donors (Lipinski definition) is 0. The van der Waals surface area contributed by atoms with Crippen molar-refractivity contribution >= 4 is 5.97 Å². The van der Waals surface area contributed by atoms with Crippen LogP contribution in [0.1, 0.15) is 5.56 Å². The summed E-state index contributed by atoms with van der Waals surface area (Å²) in [5.41, 5.74) is -0.864. The fourth-order valence-electron chi connectivity index (χ4n) is 0.894. The largest absolute Gasteiger partial charge is 0.423 e. The highest BCUT2D eigenvalue weighted by Crippen LogP contribution is 2.31. The molecule has 15 heavy (non-hydrogen) atoms. The summed E-state index contributed by atoms with van der Waals surface area (Å²) in [5.74, 6) is -0.955. The first-order valence-electron chi connectivity index (χ1n) is 3.95. The number of carbonyl (C=O) groups excluding carboxylic acids is 1. The molecule has 0 aliphatic carbocycles. The van der Waals surface area contributed by atoms with E-state index in [1.807, 2.05) is 0 Å². The van der Waals surface area contributed by atoms with Gasteiger partial charge in [0.1, 0.15) is 5.75 Å². The second-order valence-electron chi connectivity index (χ2n) is 2.65. The fourth-order valence-corrected chi connectivity index (χ4v) is 0.894. The highest BCUT2D eigenvalue weighted by atomic mass is 19.4. The van der Waals surface area contributed by atoms with E-state index < -0.39 is 17.7 Å². The predicted octanol–water partition coefficient (Wildman–Crippen LogP) is 2.80. The van der Waals surface area contributed by atoms with E-state index in [2.05, 4.69) is 11.3 Å². The Kier molecular flexibility index (Phi) is 3.14. The molecule has 1 rings (SSSR count). The first-order valence-corrected chi connectivity index (χ1v) is 3.95. The molecule has 1 aromatic rings. The molecule has 0 atom stereocenters. The third-order valence-electron chi connectivity index (χ3n) is 1.55. The Morgan fingerprint density at radius 1 is 1.40 bits per heavy atom. The molecule has 0 aromatic heterocycles. The van der Waals surface area contributed by atoms with Gasteiger partial charge in [-0.15, -0.1) is 0 Å². The van der Waals surface area contributed by atoms with E-state index >= 15 is 0 Å². The molecule has 5 heteroatoms. The Bertz CT molecular complexity index is 382. The number of halogens is 3. The van der Waals surface area contributed by atoms with Gasteiger partial charge in [-0.25, -0.2) is 4.79 Å². The minimum absolute atomic E-state index is 0.158. The number of rotatable bonds is 2. The monoisotopic (exact) mass is 216 g/mol. The normalized spacial score (nSPS) is 10.9. The third-order valence-corrected chi connectivity index (χ3v) is 1.55. The van der Waals surface area contributed by atoms with Crippen LogP contribution in [0.2, 0.25) is 0 Å². The van der Waals surface area contributed by atoms with E-state index in [4.69, 9.17) is 0 Å². The highest BCUT2D eigenvalue weighted by molar-refractivity contribution is 5.83. The van der Waals surface area contributed by atoms with Crippen LogP contribution in [0.4, 0.5) is 13.2 Å². The molecule has 0 saturated heterocycles. The lowest BCUT2D eigenvalue weighted by Gasteiger charge is -2.07. The zero-order valence-corrected chi connectivity index (χ0v) is 7.54. The van der Waals surface area contributed by atoms with Crippen molar-refractivity contribution in [2.24, 2.45) is 0 Å². The molecule has 0 unspecified atom stereocenters. The van der Waals surface area contributed by atoms with Crippen molar-refractivity contribution in [3.8, 4) is 5.75 Å². The summed E-state index contributed by atoms with van der Waals surface area (Å²) in [6.07, 6.45) is -3.57. The van der Waals surface area contributed by atoms with Crippen molar-refractivity contribution in [3.63, 3.8) is 0 Å². The van der Waals surface area contributed by atoms with Gasteiger partial charge in [0.15, 0.2) is 0 Å². The Hall–Kier alpha value is -1.78. The maximum atomic E-state index is 12.2. The number of alkyl halides is 3. The topological polar surface area (TPSA) is 26.3 Å². The number of ether oxygens (including phenoxy) is 1. The van der Waals surface area contributed by atoms with E-state index in [1.54, 1.807) is 0 Å². The molecule has 80 valence electrons. The maximum absolute atomic E-state index is 12.2. The van der Waals surface area contributed by atoms with Gasteiger partial charge in [-0.1, -0.05) is 12.6 Å². The molecule has 0 aliphatic rings. The number of esters is 1. The lowest BCUT2D eigenvalue weighted by Crippen LogP contribution is -2.07. The zero-order chi connectivity index (χ0) is 11.5. The molecule has 0 spiro atoms. The van der Waals surface area contributed by atoms with Gasteiger partial charge in [-0.2, -0.15) is 13.2 Å². The summed E-state index contributed by atoms with van der Waals surface area (Å²) >= 11 is 0. The van der Waals surface area contributed by atoms with Crippen LogP contribution >= 0.6 is 0 Å². The third kappa shape index (κ3) is 3.12. The molecular weight excluding hydrogens is 209 g/mol. The van der Waals surface area contributed by atoms with E-state index in [0.29, 0.717) is 0 Å². The molecule has 0 amide bonds. The number of hydrogen-bond acceptors (Lipinski definition) is 2. The van der Waals surface area contributed by atoms with Crippen LogP contribution in [0.3, 0.4) is 0 Å². The molecule has 0 heterocycles. The molecule has 1 aromatic carbocycles. The summed E-state index contributed by atoms with van der Waals surface area (Å²) < 4.78 is 41.2. The SMILES string of the molecule is C=CC(=O)Oc1cccc(C(F)(F)F)c1. The maximum Gasteiger partial charge on any atom is 0.416 e. The average Bonchev–Trinajstić information content (AvgIpc) is 2.17. The van der Waals surface area contributed by atoms with Crippen molar-refractivity contribution < 1.29 is 22.7 Å². The van der Waals surface area contributed by atoms with Gasteiger partial charge >= 0.3 is 12.1 Å². The first kappa shape index (κ1) is 11.3. The molecule has 0 radical (unpaired) electrons. The van der Waals surface area contributed by atoms with Crippen molar-refractivity contribution in [1.82, 2.24) is 0 Å². The van der Waals surface area contributed by atoms with E-state index in [9.17, 15) is 18.0 Å². The highest BCUT2D eigenvalue weighted by Gasteiger charge is 2.30. The minimum atomic E-state index is -4.45. The van der Waals surface area contributed by atoms with Gasteiger partial charge in [0.25, 0.3) is 0 Å². The molecule has 0 bridgehead atoms. The summed E-state index contributed by atoms with van der Waals surface area (Å²) in [6.45, 7) is 3.13. The Morgan fingerprint density at radius 2 is 2.07 bits per heavy atom. The number of benzene rings is 1. The van der Waals surface area contributed by atoms with Crippen LogP contribution in [-0.4, -0.2) is 5.97 Å². The summed E-state index contributed by atoms with van der Waals surface area (Å²) in [6, 6.07) is 4.07. The van der Waals surface area contributed by atoms with Gasteiger partial charge in [0.2, 0.25) is 0 Å². The Balaban J connectivity index is 2.93. The van der Waals surface area contributed by atoms with Crippen LogP contribution in [0.15, 0.2) is 36.9 Å². The van der Waals surface area contributed by atoms with Crippen LogP contribution in [0.5, 0.6) is 5.75 Å². The minimum Gasteiger partial charge on any atom is -0.423 e. The van der Waals surface area contributed by atoms with E-state index in [0.717, 1.165) is 24.3 Å². The quantitative estimate of drug-likeness (QED) is 0.431. The predicted molar refractivity (Wildman–Crippen MR) is 47.3 cm³/mol. The summed E-state index contributed by atoms with van der Waals surface area (Å²) in [4.78, 5) is 10.7. The molecule has 0 aliphatic heterocycles. The standard InChI is InChI=1S/C10H7F3O2/c1-2-9(14)15-8-5-3-4-7(6-8)10(11,12)13/h2-6H,1H2. The van der Waals surface area contributed by atoms with E-state index in [-0.39, 0.29) is 5.75 Å². The molecule has 0 fully saturated rings. The average molecular weight is 216 g/mol.